The van der Waals surface area contributed by atoms with Crippen LogP contribution < -0.4 is 0 Å². The Balaban J connectivity index is 2.82. The molecule has 0 spiro atoms. The van der Waals surface area contributed by atoms with Gasteiger partial charge in [0.05, 0.1) is 0 Å². The molecule has 3 heteroatoms. The first kappa shape index (κ1) is 11.8. The van der Waals surface area contributed by atoms with Gasteiger partial charge in [-0.3, -0.25) is 4.79 Å². The minimum absolute atomic E-state index is 0.00840. The summed E-state index contributed by atoms with van der Waals surface area (Å²) < 4.78 is 0. The maximum absolute atomic E-state index is 11.9. The SMILES string of the molecule is C=CCN(CC)C(=O)c1ccc(Cl)cc1. The number of benzene rings is 1. The third kappa shape index (κ3) is 3.10. The molecule has 0 atom stereocenters. The zero-order valence-electron chi connectivity index (χ0n) is 8.74. The van der Waals surface area contributed by atoms with Crippen LogP contribution in [0.15, 0.2) is 36.9 Å². The lowest BCUT2D eigenvalue weighted by molar-refractivity contribution is 0.0782. The Kier molecular flexibility index (Phi) is 4.37. The molecule has 1 aromatic carbocycles. The first-order chi connectivity index (χ1) is 7.19. The van der Waals surface area contributed by atoms with Crippen LogP contribution in [0, 0.1) is 0 Å². The summed E-state index contributed by atoms with van der Waals surface area (Å²) in [5, 5.41) is 0.637. The molecule has 0 bridgehead atoms. The topological polar surface area (TPSA) is 20.3 Å². The van der Waals surface area contributed by atoms with E-state index in [-0.39, 0.29) is 5.91 Å². The first-order valence-electron chi connectivity index (χ1n) is 4.84. The van der Waals surface area contributed by atoms with Crippen LogP contribution in [0.5, 0.6) is 0 Å². The molecule has 0 radical (unpaired) electrons. The van der Waals surface area contributed by atoms with Crippen molar-refractivity contribution in [1.29, 1.82) is 0 Å². The lowest BCUT2D eigenvalue weighted by atomic mass is 10.2. The summed E-state index contributed by atoms with van der Waals surface area (Å²) in [6, 6.07) is 6.90. The highest BCUT2D eigenvalue weighted by Crippen LogP contribution is 2.11. The second kappa shape index (κ2) is 5.56. The third-order valence-electron chi connectivity index (χ3n) is 2.11. The van der Waals surface area contributed by atoms with Gasteiger partial charge in [0.25, 0.3) is 5.91 Å². The number of rotatable bonds is 4. The molecule has 1 amide bonds. The zero-order valence-corrected chi connectivity index (χ0v) is 9.50. The maximum atomic E-state index is 11.9. The molecular weight excluding hydrogens is 210 g/mol. The van der Waals surface area contributed by atoms with E-state index in [0.29, 0.717) is 23.7 Å². The smallest absolute Gasteiger partial charge is 0.254 e. The maximum Gasteiger partial charge on any atom is 0.254 e. The van der Waals surface area contributed by atoms with Gasteiger partial charge in [-0.05, 0) is 31.2 Å². The number of likely N-dealkylation sites (N-methyl/N-ethyl adjacent to an activating group) is 1. The highest BCUT2D eigenvalue weighted by Gasteiger charge is 2.11. The van der Waals surface area contributed by atoms with E-state index in [1.807, 2.05) is 6.92 Å². The Bertz CT molecular complexity index is 345. The zero-order chi connectivity index (χ0) is 11.3. The van der Waals surface area contributed by atoms with Gasteiger partial charge < -0.3 is 4.90 Å². The highest BCUT2D eigenvalue weighted by molar-refractivity contribution is 6.30. The van der Waals surface area contributed by atoms with Crippen LogP contribution in [0.4, 0.5) is 0 Å². The molecule has 2 nitrogen and oxygen atoms in total. The number of halogens is 1. The summed E-state index contributed by atoms with van der Waals surface area (Å²) in [5.41, 5.74) is 0.656. The quantitative estimate of drug-likeness (QED) is 0.719. The minimum Gasteiger partial charge on any atom is -0.335 e. The van der Waals surface area contributed by atoms with Crippen molar-refractivity contribution >= 4 is 17.5 Å². The third-order valence-corrected chi connectivity index (χ3v) is 2.36. The van der Waals surface area contributed by atoms with E-state index in [4.69, 9.17) is 11.6 Å². The molecule has 0 unspecified atom stereocenters. The summed E-state index contributed by atoms with van der Waals surface area (Å²) in [6.07, 6.45) is 1.72. The molecule has 0 aliphatic rings. The molecular formula is C12H14ClNO. The molecule has 0 saturated carbocycles. The van der Waals surface area contributed by atoms with E-state index in [1.54, 1.807) is 35.2 Å². The van der Waals surface area contributed by atoms with E-state index < -0.39 is 0 Å². The van der Waals surface area contributed by atoms with Gasteiger partial charge in [-0.1, -0.05) is 17.7 Å². The van der Waals surface area contributed by atoms with Crippen molar-refractivity contribution in [2.45, 2.75) is 6.92 Å². The van der Waals surface area contributed by atoms with Gasteiger partial charge in [-0.25, -0.2) is 0 Å². The molecule has 0 aromatic heterocycles. The molecule has 0 fully saturated rings. The average molecular weight is 224 g/mol. The van der Waals surface area contributed by atoms with Crippen LogP contribution >= 0.6 is 11.6 Å². The van der Waals surface area contributed by atoms with Crippen molar-refractivity contribution < 1.29 is 4.79 Å². The second-order valence-electron chi connectivity index (χ2n) is 3.14. The average Bonchev–Trinajstić information content (AvgIpc) is 2.26. The Morgan fingerprint density at radius 2 is 2.07 bits per heavy atom. The largest absolute Gasteiger partial charge is 0.335 e. The summed E-state index contributed by atoms with van der Waals surface area (Å²) in [7, 11) is 0. The fraction of sp³-hybridized carbons (Fsp3) is 0.250. The van der Waals surface area contributed by atoms with Crippen LogP contribution in [-0.2, 0) is 0 Å². The Morgan fingerprint density at radius 3 is 2.53 bits per heavy atom. The standard InChI is InChI=1S/C12H14ClNO/c1-3-9-14(4-2)12(15)10-5-7-11(13)8-6-10/h3,5-8H,1,4,9H2,2H3. The van der Waals surface area contributed by atoms with Gasteiger partial charge in [0, 0.05) is 23.7 Å². The lowest BCUT2D eigenvalue weighted by Crippen LogP contribution is -2.30. The molecule has 80 valence electrons. The Morgan fingerprint density at radius 1 is 1.47 bits per heavy atom. The molecule has 0 saturated heterocycles. The van der Waals surface area contributed by atoms with Crippen LogP contribution in [0.3, 0.4) is 0 Å². The predicted octanol–water partition coefficient (Wildman–Crippen LogP) is 2.99. The first-order valence-corrected chi connectivity index (χ1v) is 5.22. The van der Waals surface area contributed by atoms with Crippen molar-refractivity contribution in [3.05, 3.63) is 47.5 Å². The molecule has 1 aromatic rings. The number of carbonyl (C=O) groups excluding carboxylic acids is 1. The van der Waals surface area contributed by atoms with Gasteiger partial charge >= 0.3 is 0 Å². The normalized spacial score (nSPS) is 9.73. The Labute approximate surface area is 95.2 Å². The summed E-state index contributed by atoms with van der Waals surface area (Å²) in [6.45, 7) is 6.81. The van der Waals surface area contributed by atoms with Crippen molar-refractivity contribution in [2.75, 3.05) is 13.1 Å². The molecule has 0 N–H and O–H groups in total. The monoisotopic (exact) mass is 223 g/mol. The van der Waals surface area contributed by atoms with Crippen LogP contribution in [0.25, 0.3) is 0 Å². The van der Waals surface area contributed by atoms with E-state index in [1.165, 1.54) is 0 Å². The van der Waals surface area contributed by atoms with Crippen molar-refractivity contribution in [3.8, 4) is 0 Å². The molecule has 15 heavy (non-hydrogen) atoms. The fourth-order valence-electron chi connectivity index (χ4n) is 1.29. The van der Waals surface area contributed by atoms with Crippen molar-refractivity contribution in [2.24, 2.45) is 0 Å². The molecule has 1 rings (SSSR count). The molecule has 0 aliphatic heterocycles. The van der Waals surface area contributed by atoms with Gasteiger partial charge in [0.1, 0.15) is 0 Å². The predicted molar refractivity (Wildman–Crippen MR) is 63.2 cm³/mol. The minimum atomic E-state index is 0.00840. The van der Waals surface area contributed by atoms with Gasteiger partial charge in [-0.2, -0.15) is 0 Å². The van der Waals surface area contributed by atoms with Crippen LogP contribution in [0.2, 0.25) is 5.02 Å². The van der Waals surface area contributed by atoms with Crippen molar-refractivity contribution in [3.63, 3.8) is 0 Å². The molecule has 0 aliphatic carbocycles. The number of nitrogens with zero attached hydrogens (tertiary/aromatic N) is 1. The van der Waals surface area contributed by atoms with E-state index in [0.717, 1.165) is 0 Å². The van der Waals surface area contributed by atoms with Gasteiger partial charge in [0.2, 0.25) is 0 Å². The van der Waals surface area contributed by atoms with Crippen LogP contribution in [-0.4, -0.2) is 23.9 Å². The summed E-state index contributed by atoms with van der Waals surface area (Å²) in [4.78, 5) is 13.6. The number of hydrogen-bond acceptors (Lipinski definition) is 1. The summed E-state index contributed by atoms with van der Waals surface area (Å²) >= 11 is 5.75. The fourth-order valence-corrected chi connectivity index (χ4v) is 1.41. The Hall–Kier alpha value is -1.28. The second-order valence-corrected chi connectivity index (χ2v) is 3.58. The van der Waals surface area contributed by atoms with E-state index in [2.05, 4.69) is 6.58 Å². The highest BCUT2D eigenvalue weighted by atomic mass is 35.5. The van der Waals surface area contributed by atoms with Crippen molar-refractivity contribution in [1.82, 2.24) is 4.90 Å². The van der Waals surface area contributed by atoms with E-state index in [9.17, 15) is 4.79 Å². The van der Waals surface area contributed by atoms with Crippen LogP contribution in [0.1, 0.15) is 17.3 Å². The lowest BCUT2D eigenvalue weighted by Gasteiger charge is -2.18. The number of hydrogen-bond donors (Lipinski definition) is 0. The van der Waals surface area contributed by atoms with Gasteiger partial charge in [-0.15, -0.1) is 6.58 Å². The number of carbonyl (C=O) groups is 1. The number of amides is 1. The van der Waals surface area contributed by atoms with E-state index >= 15 is 0 Å². The summed E-state index contributed by atoms with van der Waals surface area (Å²) in [5.74, 6) is 0.00840. The van der Waals surface area contributed by atoms with Gasteiger partial charge in [0.15, 0.2) is 0 Å². The molecule has 0 heterocycles.